The van der Waals surface area contributed by atoms with E-state index >= 15 is 0 Å². The molecule has 1 aliphatic rings. The molecular weight excluding hydrogens is 369 g/mol. The fourth-order valence-corrected chi connectivity index (χ4v) is 3.08. The monoisotopic (exact) mass is 385 g/mol. The first-order valence-corrected chi connectivity index (χ1v) is 8.29. The molecule has 2 heterocycles. The van der Waals surface area contributed by atoms with Crippen molar-refractivity contribution in [1.29, 1.82) is 0 Å². The standard InChI is InChI=1S/C18H16F5N3O/c19-12-5-6-14(20)15(9-12)25-17(27)11-3-2-8-26(10-11)16-13(18(21,22)23)4-1-7-24-16/h1,4-7,9,11H,2-3,8,10H2,(H,25,27). The summed E-state index contributed by atoms with van der Waals surface area (Å²) in [4.78, 5) is 17.7. The minimum absolute atomic E-state index is 0.00284. The predicted octanol–water partition coefficient (Wildman–Crippen LogP) is 4.23. The molecule has 1 aromatic heterocycles. The van der Waals surface area contributed by atoms with E-state index in [1.807, 2.05) is 0 Å². The third-order valence-electron chi connectivity index (χ3n) is 4.37. The molecule has 1 unspecified atom stereocenters. The van der Waals surface area contributed by atoms with Crippen LogP contribution in [0.4, 0.5) is 33.5 Å². The maximum absolute atomic E-state index is 13.7. The van der Waals surface area contributed by atoms with Crippen LogP contribution in [0.5, 0.6) is 0 Å². The highest BCUT2D eigenvalue weighted by Crippen LogP contribution is 2.36. The topological polar surface area (TPSA) is 45.2 Å². The van der Waals surface area contributed by atoms with Gasteiger partial charge in [-0.05, 0) is 37.1 Å². The average molecular weight is 385 g/mol. The van der Waals surface area contributed by atoms with Crippen molar-refractivity contribution in [2.45, 2.75) is 19.0 Å². The Morgan fingerprint density at radius 2 is 2.00 bits per heavy atom. The number of aromatic nitrogens is 1. The highest BCUT2D eigenvalue weighted by atomic mass is 19.4. The normalized spacial score (nSPS) is 17.7. The fourth-order valence-electron chi connectivity index (χ4n) is 3.08. The van der Waals surface area contributed by atoms with Gasteiger partial charge in [-0.1, -0.05) is 0 Å². The average Bonchev–Trinajstić information content (AvgIpc) is 2.64. The molecule has 0 bridgehead atoms. The van der Waals surface area contributed by atoms with E-state index in [2.05, 4.69) is 10.3 Å². The molecule has 0 spiro atoms. The summed E-state index contributed by atoms with van der Waals surface area (Å²) < 4.78 is 66.6. The molecule has 4 nitrogen and oxygen atoms in total. The first-order chi connectivity index (χ1) is 12.8. The Hall–Kier alpha value is -2.71. The molecule has 1 aromatic carbocycles. The second kappa shape index (κ2) is 7.50. The van der Waals surface area contributed by atoms with Crippen molar-refractivity contribution in [2.24, 2.45) is 5.92 Å². The minimum atomic E-state index is -4.57. The lowest BCUT2D eigenvalue weighted by Gasteiger charge is -2.34. The number of hydrogen-bond acceptors (Lipinski definition) is 3. The minimum Gasteiger partial charge on any atom is -0.355 e. The van der Waals surface area contributed by atoms with Gasteiger partial charge in [0.2, 0.25) is 5.91 Å². The molecule has 1 N–H and O–H groups in total. The van der Waals surface area contributed by atoms with Gasteiger partial charge in [0, 0.05) is 25.4 Å². The van der Waals surface area contributed by atoms with Crippen LogP contribution < -0.4 is 10.2 Å². The van der Waals surface area contributed by atoms with Crippen LogP contribution in [0.15, 0.2) is 36.5 Å². The molecule has 27 heavy (non-hydrogen) atoms. The number of pyridine rings is 1. The number of amides is 1. The van der Waals surface area contributed by atoms with E-state index in [0.717, 1.165) is 24.3 Å². The van der Waals surface area contributed by atoms with Crippen LogP contribution >= 0.6 is 0 Å². The SMILES string of the molecule is O=C(Nc1cc(F)ccc1F)C1CCCN(c2ncccc2C(F)(F)F)C1. The van der Waals surface area contributed by atoms with Gasteiger partial charge >= 0.3 is 6.18 Å². The van der Waals surface area contributed by atoms with E-state index in [9.17, 15) is 26.7 Å². The second-order valence-electron chi connectivity index (χ2n) is 6.27. The second-order valence-corrected chi connectivity index (χ2v) is 6.27. The Labute approximate surface area is 152 Å². The Bertz CT molecular complexity index is 840. The summed E-state index contributed by atoms with van der Waals surface area (Å²) in [6.07, 6.45) is -2.41. The van der Waals surface area contributed by atoms with Gasteiger partial charge in [-0.3, -0.25) is 4.79 Å². The quantitative estimate of drug-likeness (QED) is 0.805. The summed E-state index contributed by atoms with van der Waals surface area (Å²) in [5, 5.41) is 2.31. The van der Waals surface area contributed by atoms with Gasteiger partial charge in [0.1, 0.15) is 17.5 Å². The maximum atomic E-state index is 13.7. The van der Waals surface area contributed by atoms with E-state index < -0.39 is 35.2 Å². The Morgan fingerprint density at radius 1 is 1.22 bits per heavy atom. The smallest absolute Gasteiger partial charge is 0.355 e. The van der Waals surface area contributed by atoms with Crippen LogP contribution in [-0.2, 0) is 11.0 Å². The Morgan fingerprint density at radius 3 is 2.74 bits per heavy atom. The summed E-state index contributed by atoms with van der Waals surface area (Å²) in [6, 6.07) is 4.81. The van der Waals surface area contributed by atoms with E-state index in [-0.39, 0.29) is 18.1 Å². The fraction of sp³-hybridized carbons (Fsp3) is 0.333. The van der Waals surface area contributed by atoms with Crippen molar-refractivity contribution in [3.63, 3.8) is 0 Å². The molecule has 9 heteroatoms. The molecule has 2 aromatic rings. The molecule has 1 atom stereocenters. The van der Waals surface area contributed by atoms with Crippen molar-refractivity contribution in [2.75, 3.05) is 23.3 Å². The largest absolute Gasteiger partial charge is 0.419 e. The number of nitrogens with zero attached hydrogens (tertiary/aromatic N) is 2. The van der Waals surface area contributed by atoms with Gasteiger partial charge in [-0.2, -0.15) is 13.2 Å². The van der Waals surface area contributed by atoms with E-state index in [1.165, 1.54) is 17.2 Å². The predicted molar refractivity (Wildman–Crippen MR) is 89.2 cm³/mol. The lowest BCUT2D eigenvalue weighted by Crippen LogP contribution is -2.42. The zero-order chi connectivity index (χ0) is 19.6. The first kappa shape index (κ1) is 19.1. The van der Waals surface area contributed by atoms with Crippen molar-refractivity contribution >= 4 is 17.4 Å². The number of benzene rings is 1. The Balaban J connectivity index is 1.77. The number of carbonyl (C=O) groups is 1. The molecule has 0 radical (unpaired) electrons. The molecular formula is C18H16F5N3O. The molecule has 144 valence electrons. The van der Waals surface area contributed by atoms with Crippen LogP contribution in [0.3, 0.4) is 0 Å². The summed E-state index contributed by atoms with van der Waals surface area (Å²) in [5.74, 6) is -2.99. The van der Waals surface area contributed by atoms with E-state index in [0.29, 0.717) is 19.4 Å². The van der Waals surface area contributed by atoms with Crippen LogP contribution in [0.25, 0.3) is 0 Å². The van der Waals surface area contributed by atoms with E-state index in [4.69, 9.17) is 0 Å². The molecule has 0 saturated carbocycles. The third-order valence-corrected chi connectivity index (χ3v) is 4.37. The molecule has 1 fully saturated rings. The molecule has 3 rings (SSSR count). The molecule has 1 amide bonds. The third kappa shape index (κ3) is 4.35. The van der Waals surface area contributed by atoms with Gasteiger partial charge in [0.15, 0.2) is 0 Å². The lowest BCUT2D eigenvalue weighted by molar-refractivity contribution is -0.137. The van der Waals surface area contributed by atoms with Crippen molar-refractivity contribution in [3.8, 4) is 0 Å². The number of alkyl halides is 3. The number of rotatable bonds is 3. The number of carbonyl (C=O) groups excluding carboxylic acids is 1. The van der Waals surface area contributed by atoms with Crippen LogP contribution in [0, 0.1) is 17.6 Å². The maximum Gasteiger partial charge on any atom is 0.419 e. The Kier molecular flexibility index (Phi) is 5.29. The number of anilines is 2. The van der Waals surface area contributed by atoms with Crippen molar-refractivity contribution in [3.05, 3.63) is 53.7 Å². The number of hydrogen-bond donors (Lipinski definition) is 1. The highest BCUT2D eigenvalue weighted by molar-refractivity contribution is 5.93. The van der Waals surface area contributed by atoms with Crippen LogP contribution in [0.2, 0.25) is 0 Å². The highest BCUT2D eigenvalue weighted by Gasteiger charge is 2.37. The van der Waals surface area contributed by atoms with Gasteiger partial charge < -0.3 is 10.2 Å². The lowest BCUT2D eigenvalue weighted by atomic mass is 9.96. The van der Waals surface area contributed by atoms with Crippen LogP contribution in [-0.4, -0.2) is 24.0 Å². The number of piperidine rings is 1. The summed E-state index contributed by atoms with van der Waals surface area (Å²) >= 11 is 0. The zero-order valence-corrected chi connectivity index (χ0v) is 14.1. The van der Waals surface area contributed by atoms with Crippen molar-refractivity contribution in [1.82, 2.24) is 4.98 Å². The summed E-state index contributed by atoms with van der Waals surface area (Å²) in [5.41, 5.74) is -1.17. The van der Waals surface area contributed by atoms with Crippen molar-refractivity contribution < 1.29 is 26.7 Å². The zero-order valence-electron chi connectivity index (χ0n) is 14.1. The first-order valence-electron chi connectivity index (χ1n) is 8.29. The summed E-state index contributed by atoms with van der Waals surface area (Å²) in [6.45, 7) is 0.320. The van der Waals surface area contributed by atoms with Gasteiger partial charge in [-0.15, -0.1) is 0 Å². The van der Waals surface area contributed by atoms with Gasteiger partial charge in [-0.25, -0.2) is 13.8 Å². The van der Waals surface area contributed by atoms with Crippen LogP contribution in [0.1, 0.15) is 18.4 Å². The van der Waals surface area contributed by atoms with E-state index in [1.54, 1.807) is 0 Å². The molecule has 0 aliphatic carbocycles. The van der Waals surface area contributed by atoms with Gasteiger partial charge in [0.05, 0.1) is 17.2 Å². The number of nitrogens with one attached hydrogen (secondary N) is 1. The summed E-state index contributed by atoms with van der Waals surface area (Å²) in [7, 11) is 0. The molecule has 1 aliphatic heterocycles. The number of halogens is 5. The van der Waals surface area contributed by atoms with Gasteiger partial charge in [0.25, 0.3) is 0 Å². The molecule has 1 saturated heterocycles.